The van der Waals surface area contributed by atoms with Crippen LogP contribution in [0.15, 0.2) is 10.7 Å². The van der Waals surface area contributed by atoms with Gasteiger partial charge in [0.15, 0.2) is 5.69 Å². The van der Waals surface area contributed by atoms with Crippen molar-refractivity contribution in [3.63, 3.8) is 0 Å². The highest BCUT2D eigenvalue weighted by Crippen LogP contribution is 2.16. The smallest absolute Gasteiger partial charge is 0.275 e. The van der Waals surface area contributed by atoms with Gasteiger partial charge >= 0.3 is 0 Å². The molecule has 0 bridgehead atoms. The second kappa shape index (κ2) is 5.73. The summed E-state index contributed by atoms with van der Waals surface area (Å²) in [5, 5.41) is 9.35. The largest absolute Gasteiger partial charge is 0.446 e. The molecular formula is C11H17N3O3S. The van der Waals surface area contributed by atoms with E-state index in [4.69, 9.17) is 10.2 Å². The number of thioether (sulfide) groups is 1. The van der Waals surface area contributed by atoms with E-state index in [1.807, 2.05) is 11.8 Å². The molecule has 2 heterocycles. The average molecular weight is 271 g/mol. The predicted octanol–water partition coefficient (Wildman–Crippen LogP) is 0.244. The number of aliphatic hydroxyl groups is 1. The van der Waals surface area contributed by atoms with Crippen LogP contribution in [0, 0.1) is 0 Å². The predicted molar refractivity (Wildman–Crippen MR) is 68.3 cm³/mol. The molecule has 1 saturated heterocycles. The Labute approximate surface area is 110 Å². The van der Waals surface area contributed by atoms with Gasteiger partial charge in [-0.15, -0.1) is 0 Å². The van der Waals surface area contributed by atoms with E-state index in [0.717, 1.165) is 24.6 Å². The fraction of sp³-hybridized carbons (Fsp3) is 0.636. The van der Waals surface area contributed by atoms with Crippen LogP contribution in [0.25, 0.3) is 0 Å². The second-order valence-corrected chi connectivity index (χ2v) is 5.47. The number of carbonyl (C=O) groups is 1. The summed E-state index contributed by atoms with van der Waals surface area (Å²) in [4.78, 5) is 17.9. The number of aliphatic hydroxyl groups excluding tert-OH is 1. The number of nitrogens with zero attached hydrogens (tertiary/aromatic N) is 2. The molecule has 1 aromatic heterocycles. The van der Waals surface area contributed by atoms with Gasteiger partial charge in [-0.25, -0.2) is 4.98 Å². The fourth-order valence-electron chi connectivity index (χ4n) is 1.67. The van der Waals surface area contributed by atoms with Gasteiger partial charge in [-0.1, -0.05) is 0 Å². The van der Waals surface area contributed by atoms with Gasteiger partial charge in [0, 0.05) is 24.6 Å². The van der Waals surface area contributed by atoms with Gasteiger partial charge in [0.05, 0.1) is 6.10 Å². The molecule has 7 heteroatoms. The summed E-state index contributed by atoms with van der Waals surface area (Å²) in [5.74, 6) is 1.95. The van der Waals surface area contributed by atoms with Gasteiger partial charge in [0.2, 0.25) is 5.89 Å². The van der Waals surface area contributed by atoms with Crippen LogP contribution >= 0.6 is 11.8 Å². The highest BCUT2D eigenvalue weighted by atomic mass is 32.2. The zero-order valence-corrected chi connectivity index (χ0v) is 11.0. The first-order valence-corrected chi connectivity index (χ1v) is 7.01. The number of aromatic nitrogens is 1. The lowest BCUT2D eigenvalue weighted by Gasteiger charge is -2.25. The molecule has 1 aromatic rings. The molecule has 18 heavy (non-hydrogen) atoms. The molecule has 0 aliphatic carbocycles. The van der Waals surface area contributed by atoms with Crippen molar-refractivity contribution >= 4 is 17.7 Å². The van der Waals surface area contributed by atoms with Crippen molar-refractivity contribution in [2.45, 2.75) is 19.1 Å². The van der Waals surface area contributed by atoms with Crippen molar-refractivity contribution in [3.05, 3.63) is 17.8 Å². The van der Waals surface area contributed by atoms with E-state index in [2.05, 4.69) is 4.98 Å². The number of oxazole rings is 1. The average Bonchev–Trinajstić information content (AvgIpc) is 2.87. The van der Waals surface area contributed by atoms with Crippen LogP contribution in [0.5, 0.6) is 0 Å². The number of nitrogens with two attached hydrogens (primary N) is 1. The number of carbonyl (C=O) groups excluding carboxylic acids is 1. The van der Waals surface area contributed by atoms with Gasteiger partial charge in [-0.3, -0.25) is 4.79 Å². The summed E-state index contributed by atoms with van der Waals surface area (Å²) in [6, 6.07) is -0.705. The van der Waals surface area contributed by atoms with Crippen molar-refractivity contribution in [2.24, 2.45) is 5.73 Å². The molecule has 2 unspecified atom stereocenters. The highest BCUT2D eigenvalue weighted by Gasteiger charge is 2.24. The minimum atomic E-state index is -0.766. The van der Waals surface area contributed by atoms with E-state index in [0.29, 0.717) is 0 Å². The topological polar surface area (TPSA) is 92.6 Å². The Bertz CT molecular complexity index is 415. The molecule has 1 aliphatic rings. The van der Waals surface area contributed by atoms with Crippen LogP contribution in [-0.4, -0.2) is 51.6 Å². The summed E-state index contributed by atoms with van der Waals surface area (Å²) >= 11 is 1.83. The van der Waals surface area contributed by atoms with Gasteiger partial charge < -0.3 is 20.2 Å². The Balaban J connectivity index is 2.07. The molecule has 100 valence electrons. The first-order chi connectivity index (χ1) is 8.59. The third-order valence-corrected chi connectivity index (χ3v) is 3.79. The van der Waals surface area contributed by atoms with Crippen LogP contribution < -0.4 is 5.73 Å². The van der Waals surface area contributed by atoms with Crippen molar-refractivity contribution in [1.82, 2.24) is 9.88 Å². The maximum Gasteiger partial charge on any atom is 0.275 e. The van der Waals surface area contributed by atoms with Crippen molar-refractivity contribution in [2.75, 3.05) is 24.6 Å². The molecule has 2 atom stereocenters. The Kier molecular flexibility index (Phi) is 4.26. The summed E-state index contributed by atoms with van der Waals surface area (Å²) in [7, 11) is 0. The SMILES string of the molecule is CC(O)C(N)c1nc(C(=O)N2CCSCC2)co1. The maximum absolute atomic E-state index is 12.1. The molecular weight excluding hydrogens is 254 g/mol. The number of hydrogen-bond acceptors (Lipinski definition) is 6. The number of amides is 1. The standard InChI is InChI=1S/C11H17N3O3S/c1-7(15)9(12)10-13-8(6-17-10)11(16)14-2-4-18-5-3-14/h6-7,9,15H,2-5,12H2,1H3. The van der Waals surface area contributed by atoms with E-state index in [1.54, 1.807) is 11.8 Å². The Morgan fingerprint density at radius 2 is 2.28 bits per heavy atom. The minimum Gasteiger partial charge on any atom is -0.446 e. The zero-order valence-electron chi connectivity index (χ0n) is 10.2. The van der Waals surface area contributed by atoms with E-state index in [9.17, 15) is 9.90 Å². The summed E-state index contributed by atoms with van der Waals surface area (Å²) in [5.41, 5.74) is 5.95. The molecule has 0 saturated carbocycles. The van der Waals surface area contributed by atoms with Gasteiger partial charge in [0.25, 0.3) is 5.91 Å². The number of hydrogen-bond donors (Lipinski definition) is 2. The summed E-state index contributed by atoms with van der Waals surface area (Å²) in [6.07, 6.45) is 0.541. The highest BCUT2D eigenvalue weighted by molar-refractivity contribution is 7.99. The van der Waals surface area contributed by atoms with E-state index in [-0.39, 0.29) is 17.5 Å². The molecule has 6 nitrogen and oxygen atoms in total. The van der Waals surface area contributed by atoms with Gasteiger partial charge in [-0.2, -0.15) is 11.8 Å². The normalized spacial score (nSPS) is 19.6. The first kappa shape index (κ1) is 13.4. The van der Waals surface area contributed by atoms with Crippen molar-refractivity contribution in [1.29, 1.82) is 0 Å². The van der Waals surface area contributed by atoms with E-state index < -0.39 is 12.1 Å². The zero-order chi connectivity index (χ0) is 13.1. The quantitative estimate of drug-likeness (QED) is 0.818. The molecule has 1 aliphatic heterocycles. The van der Waals surface area contributed by atoms with Crippen LogP contribution in [-0.2, 0) is 0 Å². The lowest BCUT2D eigenvalue weighted by molar-refractivity contribution is 0.0766. The minimum absolute atomic E-state index is 0.136. The lowest BCUT2D eigenvalue weighted by atomic mass is 10.2. The van der Waals surface area contributed by atoms with Crippen LogP contribution in [0.1, 0.15) is 29.3 Å². The molecule has 1 amide bonds. The van der Waals surface area contributed by atoms with Crippen LogP contribution in [0.3, 0.4) is 0 Å². The third kappa shape index (κ3) is 2.85. The molecule has 1 fully saturated rings. The molecule has 0 aromatic carbocycles. The molecule has 0 spiro atoms. The Hall–Kier alpha value is -1.05. The van der Waals surface area contributed by atoms with Gasteiger partial charge in [-0.05, 0) is 6.92 Å². The first-order valence-electron chi connectivity index (χ1n) is 5.85. The van der Waals surface area contributed by atoms with Gasteiger partial charge in [0.1, 0.15) is 12.3 Å². The Morgan fingerprint density at radius 1 is 1.61 bits per heavy atom. The maximum atomic E-state index is 12.1. The third-order valence-electron chi connectivity index (χ3n) is 2.84. The second-order valence-electron chi connectivity index (χ2n) is 4.24. The molecule has 2 rings (SSSR count). The summed E-state index contributed by atoms with van der Waals surface area (Å²) in [6.45, 7) is 3.01. The van der Waals surface area contributed by atoms with Crippen LogP contribution in [0.4, 0.5) is 0 Å². The summed E-state index contributed by atoms with van der Waals surface area (Å²) < 4.78 is 5.15. The van der Waals surface area contributed by atoms with E-state index in [1.165, 1.54) is 6.26 Å². The van der Waals surface area contributed by atoms with E-state index >= 15 is 0 Å². The number of rotatable bonds is 3. The molecule has 0 radical (unpaired) electrons. The Morgan fingerprint density at radius 3 is 2.89 bits per heavy atom. The van der Waals surface area contributed by atoms with Crippen LogP contribution in [0.2, 0.25) is 0 Å². The molecule has 3 N–H and O–H groups in total. The fourth-order valence-corrected chi connectivity index (χ4v) is 2.58. The van der Waals surface area contributed by atoms with Crippen molar-refractivity contribution in [3.8, 4) is 0 Å². The van der Waals surface area contributed by atoms with Crippen molar-refractivity contribution < 1.29 is 14.3 Å². The lowest BCUT2D eigenvalue weighted by Crippen LogP contribution is -2.38. The monoisotopic (exact) mass is 271 g/mol.